The van der Waals surface area contributed by atoms with Crippen LogP contribution in [0.2, 0.25) is 0 Å². The van der Waals surface area contributed by atoms with Crippen LogP contribution in [-0.2, 0) is 4.74 Å². The summed E-state index contributed by atoms with van der Waals surface area (Å²) in [6, 6.07) is 1.09. The molecule has 4 atom stereocenters. The van der Waals surface area contributed by atoms with Gasteiger partial charge >= 0.3 is 0 Å². The fourth-order valence-corrected chi connectivity index (χ4v) is 3.92. The molecule has 18 heavy (non-hydrogen) atoms. The van der Waals surface area contributed by atoms with Crippen LogP contribution in [0.15, 0.2) is 35.1 Å². The van der Waals surface area contributed by atoms with Crippen LogP contribution in [0.4, 0.5) is 0 Å². The van der Waals surface area contributed by atoms with E-state index in [9.17, 15) is 0 Å². The molecule has 2 heterocycles. The molecule has 1 aliphatic carbocycles. The normalized spacial score (nSPS) is 41.4. The van der Waals surface area contributed by atoms with Gasteiger partial charge in [0.2, 0.25) is 0 Å². The van der Waals surface area contributed by atoms with Gasteiger partial charge in [-0.1, -0.05) is 18.2 Å². The Kier molecular flexibility index (Phi) is 3.06. The van der Waals surface area contributed by atoms with E-state index in [2.05, 4.69) is 44.3 Å². The third-order valence-electron chi connectivity index (χ3n) is 4.70. The highest BCUT2D eigenvalue weighted by Gasteiger charge is 2.45. The average molecular weight is 245 g/mol. The Morgan fingerprint density at radius 3 is 3.06 bits per heavy atom. The first kappa shape index (κ1) is 12.0. The summed E-state index contributed by atoms with van der Waals surface area (Å²) in [5.74, 6) is 2.41. The van der Waals surface area contributed by atoms with Crippen LogP contribution in [0.3, 0.4) is 0 Å². The number of piperidine rings is 1. The Morgan fingerprint density at radius 1 is 1.44 bits per heavy atom. The number of hydrogen-bond donors (Lipinski definition) is 1. The summed E-state index contributed by atoms with van der Waals surface area (Å²) in [5, 5.41) is 3.77. The smallest absolute Gasteiger partial charge is 0.0967 e. The van der Waals surface area contributed by atoms with Crippen molar-refractivity contribution < 1.29 is 4.74 Å². The molecule has 2 heteroatoms. The van der Waals surface area contributed by atoms with Crippen molar-refractivity contribution in [3.8, 4) is 0 Å². The number of ether oxygens (including phenoxy) is 1. The summed E-state index contributed by atoms with van der Waals surface area (Å²) in [5.41, 5.74) is 2.96. The van der Waals surface area contributed by atoms with Gasteiger partial charge in [0.05, 0.1) is 12.4 Å². The minimum absolute atomic E-state index is 0.535. The van der Waals surface area contributed by atoms with Gasteiger partial charge < -0.3 is 10.1 Å². The molecule has 0 aromatic heterocycles. The van der Waals surface area contributed by atoms with Crippen molar-refractivity contribution in [3.63, 3.8) is 0 Å². The van der Waals surface area contributed by atoms with Crippen LogP contribution < -0.4 is 5.32 Å². The van der Waals surface area contributed by atoms with Crippen molar-refractivity contribution in [2.24, 2.45) is 11.8 Å². The van der Waals surface area contributed by atoms with E-state index in [0.717, 1.165) is 18.8 Å². The van der Waals surface area contributed by atoms with Crippen molar-refractivity contribution in [1.82, 2.24) is 5.32 Å². The van der Waals surface area contributed by atoms with Crippen LogP contribution in [0.5, 0.6) is 0 Å². The van der Waals surface area contributed by atoms with Crippen LogP contribution in [-0.4, -0.2) is 18.7 Å². The lowest BCUT2D eigenvalue weighted by molar-refractivity contribution is 0.212. The van der Waals surface area contributed by atoms with Crippen molar-refractivity contribution >= 4 is 0 Å². The lowest BCUT2D eigenvalue weighted by atomic mass is 9.80. The van der Waals surface area contributed by atoms with Gasteiger partial charge in [-0.25, -0.2) is 0 Å². The van der Waals surface area contributed by atoms with Crippen LogP contribution in [0.25, 0.3) is 0 Å². The first-order valence-corrected chi connectivity index (χ1v) is 7.15. The Labute approximate surface area is 110 Å². The molecule has 0 amide bonds. The number of fused-ring (bicyclic) bond motifs is 1. The van der Waals surface area contributed by atoms with Crippen molar-refractivity contribution in [1.29, 1.82) is 0 Å². The van der Waals surface area contributed by atoms with E-state index >= 15 is 0 Å². The number of nitrogens with one attached hydrogen (secondary N) is 1. The van der Waals surface area contributed by atoms with Crippen molar-refractivity contribution in [3.05, 3.63) is 35.1 Å². The highest BCUT2D eigenvalue weighted by Crippen LogP contribution is 2.47. The Balaban J connectivity index is 2.10. The topological polar surface area (TPSA) is 21.3 Å². The van der Waals surface area contributed by atoms with Gasteiger partial charge in [0.1, 0.15) is 0 Å². The van der Waals surface area contributed by atoms with Gasteiger partial charge in [0, 0.05) is 12.1 Å². The van der Waals surface area contributed by atoms with Crippen LogP contribution >= 0.6 is 0 Å². The first-order chi connectivity index (χ1) is 8.72. The van der Waals surface area contributed by atoms with Crippen LogP contribution in [0, 0.1) is 11.8 Å². The van der Waals surface area contributed by atoms with Crippen LogP contribution in [0.1, 0.15) is 33.6 Å². The number of allylic oxidation sites excluding steroid dienone is 2. The summed E-state index contributed by atoms with van der Waals surface area (Å²) in [4.78, 5) is 0. The maximum atomic E-state index is 5.93. The largest absolute Gasteiger partial charge is 0.498 e. The summed E-state index contributed by atoms with van der Waals surface area (Å²) < 4.78 is 5.93. The fourth-order valence-electron chi connectivity index (χ4n) is 3.92. The average Bonchev–Trinajstić information content (AvgIpc) is 2.67. The Hall–Kier alpha value is -1.02. The zero-order valence-corrected chi connectivity index (χ0v) is 11.6. The number of hydrogen-bond acceptors (Lipinski definition) is 2. The standard InChI is InChI=1S/C16H23NO/c1-4-12-15-9-14-13(10(2)17-15)7-5-6-8-18-11(3)16(12)14/h4-5,7,10,13-15,17H,6,8-9H2,1-3H3. The zero-order valence-electron chi connectivity index (χ0n) is 11.6. The molecule has 0 aromatic rings. The van der Waals surface area contributed by atoms with E-state index in [-0.39, 0.29) is 0 Å². The molecule has 1 N–H and O–H groups in total. The summed E-state index contributed by atoms with van der Waals surface area (Å²) >= 11 is 0. The molecule has 1 saturated heterocycles. The van der Waals surface area contributed by atoms with E-state index in [1.165, 1.54) is 17.6 Å². The molecule has 2 fully saturated rings. The Bertz CT molecular complexity index is 432. The predicted molar refractivity (Wildman–Crippen MR) is 74.1 cm³/mol. The molecule has 0 spiro atoms. The minimum atomic E-state index is 0.535. The molecule has 2 aliphatic heterocycles. The Morgan fingerprint density at radius 2 is 2.28 bits per heavy atom. The first-order valence-electron chi connectivity index (χ1n) is 7.15. The molecule has 2 nitrogen and oxygen atoms in total. The quantitative estimate of drug-likeness (QED) is 0.662. The molecule has 0 radical (unpaired) electrons. The molecular formula is C16H23NO. The second kappa shape index (κ2) is 4.58. The third kappa shape index (κ3) is 1.74. The maximum absolute atomic E-state index is 5.93. The van der Waals surface area contributed by atoms with E-state index < -0.39 is 0 Å². The minimum Gasteiger partial charge on any atom is -0.498 e. The van der Waals surface area contributed by atoms with Gasteiger partial charge in [0.25, 0.3) is 0 Å². The second-order valence-electron chi connectivity index (χ2n) is 5.71. The molecule has 4 unspecified atom stereocenters. The molecule has 2 bridgehead atoms. The van der Waals surface area contributed by atoms with Gasteiger partial charge in [0.15, 0.2) is 0 Å². The van der Waals surface area contributed by atoms with E-state index in [1.54, 1.807) is 0 Å². The van der Waals surface area contributed by atoms with E-state index in [1.807, 2.05) is 0 Å². The molecule has 1 saturated carbocycles. The molecule has 0 aromatic carbocycles. The zero-order chi connectivity index (χ0) is 12.7. The van der Waals surface area contributed by atoms with Crippen molar-refractivity contribution in [2.75, 3.05) is 6.61 Å². The summed E-state index contributed by atoms with van der Waals surface area (Å²) in [6.45, 7) is 7.43. The summed E-state index contributed by atoms with van der Waals surface area (Å²) in [6.07, 6.45) is 9.24. The van der Waals surface area contributed by atoms with Gasteiger partial charge in [-0.15, -0.1) is 0 Å². The number of rotatable bonds is 0. The van der Waals surface area contributed by atoms with E-state index in [4.69, 9.17) is 4.74 Å². The lowest BCUT2D eigenvalue weighted by Crippen LogP contribution is -2.45. The maximum Gasteiger partial charge on any atom is 0.0967 e. The monoisotopic (exact) mass is 245 g/mol. The molecular weight excluding hydrogens is 222 g/mol. The molecule has 98 valence electrons. The second-order valence-corrected chi connectivity index (χ2v) is 5.71. The molecule has 3 rings (SSSR count). The fraction of sp³-hybridized carbons (Fsp3) is 0.625. The van der Waals surface area contributed by atoms with Gasteiger partial charge in [-0.3, -0.25) is 0 Å². The van der Waals surface area contributed by atoms with Gasteiger partial charge in [-0.2, -0.15) is 0 Å². The predicted octanol–water partition coefficient (Wildman–Crippen LogP) is 3.18. The van der Waals surface area contributed by atoms with Crippen molar-refractivity contribution in [2.45, 2.75) is 45.7 Å². The highest BCUT2D eigenvalue weighted by atomic mass is 16.5. The lowest BCUT2D eigenvalue weighted by Gasteiger charge is -2.33. The summed E-state index contributed by atoms with van der Waals surface area (Å²) in [7, 11) is 0. The third-order valence-corrected chi connectivity index (χ3v) is 4.70. The SMILES string of the molecule is CC=C1C2=C(C)OCCC=CC3C(C)NC1CC23. The van der Waals surface area contributed by atoms with E-state index in [0.29, 0.717) is 23.9 Å². The van der Waals surface area contributed by atoms with Gasteiger partial charge in [-0.05, 0) is 56.6 Å². The highest BCUT2D eigenvalue weighted by molar-refractivity contribution is 5.46. The molecule has 3 aliphatic rings.